The molecule has 2 aromatic rings. The molecule has 0 saturated heterocycles. The molecule has 92 valence electrons. The van der Waals surface area contributed by atoms with E-state index in [2.05, 4.69) is 4.98 Å². The van der Waals surface area contributed by atoms with Gasteiger partial charge >= 0.3 is 0 Å². The Morgan fingerprint density at radius 1 is 1.00 bits per heavy atom. The third kappa shape index (κ3) is 2.65. The molecule has 1 heterocycles. The first-order valence-corrected chi connectivity index (χ1v) is 6.10. The number of aryl methyl sites for hydroxylation is 3. The smallest absolute Gasteiger partial charge is 0.185 e. The van der Waals surface area contributed by atoms with Crippen LogP contribution in [0.5, 0.6) is 0 Å². The molecule has 0 amide bonds. The minimum absolute atomic E-state index is 0.0797. The van der Waals surface area contributed by atoms with Crippen LogP contribution in [-0.4, -0.2) is 10.8 Å². The van der Waals surface area contributed by atoms with Crippen LogP contribution in [0.1, 0.15) is 32.9 Å². The lowest BCUT2D eigenvalue weighted by Crippen LogP contribution is -2.08. The Bertz CT molecular complexity index is 567. The van der Waals surface area contributed by atoms with Crippen molar-refractivity contribution in [1.82, 2.24) is 4.98 Å². The Morgan fingerprint density at radius 2 is 1.61 bits per heavy atom. The van der Waals surface area contributed by atoms with Gasteiger partial charge in [0.25, 0.3) is 0 Å². The second-order valence-electron chi connectivity index (χ2n) is 4.63. The molecule has 0 saturated carbocycles. The van der Waals surface area contributed by atoms with Gasteiger partial charge in [0.2, 0.25) is 0 Å². The number of rotatable bonds is 3. The third-order valence-electron chi connectivity index (χ3n) is 3.16. The molecule has 0 aliphatic carbocycles. The van der Waals surface area contributed by atoms with E-state index < -0.39 is 0 Å². The van der Waals surface area contributed by atoms with Crippen molar-refractivity contribution in [2.45, 2.75) is 27.2 Å². The number of pyridine rings is 1. The maximum Gasteiger partial charge on any atom is 0.185 e. The van der Waals surface area contributed by atoms with E-state index in [1.807, 2.05) is 51.1 Å². The molecule has 18 heavy (non-hydrogen) atoms. The van der Waals surface area contributed by atoms with Crippen molar-refractivity contribution in [3.63, 3.8) is 0 Å². The monoisotopic (exact) mass is 239 g/mol. The summed E-state index contributed by atoms with van der Waals surface area (Å²) >= 11 is 0. The van der Waals surface area contributed by atoms with Gasteiger partial charge in [-0.05, 0) is 49.6 Å². The van der Waals surface area contributed by atoms with E-state index in [9.17, 15) is 4.79 Å². The Morgan fingerprint density at radius 3 is 2.22 bits per heavy atom. The van der Waals surface area contributed by atoms with Crippen LogP contribution in [0.4, 0.5) is 0 Å². The van der Waals surface area contributed by atoms with Crippen LogP contribution in [0.25, 0.3) is 0 Å². The number of aromatic nitrogens is 1. The average molecular weight is 239 g/mol. The summed E-state index contributed by atoms with van der Waals surface area (Å²) in [6.07, 6.45) is 0.426. The molecule has 2 nitrogen and oxygen atoms in total. The fourth-order valence-corrected chi connectivity index (χ4v) is 2.08. The molecule has 0 aliphatic heterocycles. The van der Waals surface area contributed by atoms with Gasteiger partial charge in [0.05, 0.1) is 0 Å². The average Bonchev–Trinajstić information content (AvgIpc) is 2.34. The highest BCUT2D eigenvalue weighted by molar-refractivity contribution is 5.96. The van der Waals surface area contributed by atoms with Crippen LogP contribution in [0.3, 0.4) is 0 Å². The molecular formula is C16H17NO. The standard InChI is InChI=1S/C16H17NO/c1-11-6-4-7-12(2)14(11)10-16(18)15-9-5-8-13(3)17-15/h4-9H,10H2,1-3H3. The number of benzene rings is 1. The lowest BCUT2D eigenvalue weighted by atomic mass is 9.97. The van der Waals surface area contributed by atoms with Gasteiger partial charge in [-0.3, -0.25) is 9.78 Å². The molecule has 0 atom stereocenters. The number of hydrogen-bond acceptors (Lipinski definition) is 2. The summed E-state index contributed by atoms with van der Waals surface area (Å²) in [4.78, 5) is 16.5. The maximum absolute atomic E-state index is 12.2. The number of Topliss-reactive ketones (excluding diaryl/α,β-unsaturated/α-hetero) is 1. The summed E-state index contributed by atoms with van der Waals surface area (Å²) in [5.74, 6) is 0.0797. The van der Waals surface area contributed by atoms with Crippen LogP contribution in [0.15, 0.2) is 36.4 Å². The normalized spacial score (nSPS) is 10.4. The van der Waals surface area contributed by atoms with Crippen molar-refractivity contribution in [3.8, 4) is 0 Å². The molecule has 0 N–H and O–H groups in total. The van der Waals surface area contributed by atoms with E-state index >= 15 is 0 Å². The second-order valence-corrected chi connectivity index (χ2v) is 4.63. The van der Waals surface area contributed by atoms with E-state index in [-0.39, 0.29) is 5.78 Å². The molecule has 0 bridgehead atoms. The van der Waals surface area contributed by atoms with Crippen LogP contribution in [0.2, 0.25) is 0 Å². The van der Waals surface area contributed by atoms with Gasteiger partial charge < -0.3 is 0 Å². The minimum Gasteiger partial charge on any atom is -0.292 e. The van der Waals surface area contributed by atoms with Crippen molar-refractivity contribution in [1.29, 1.82) is 0 Å². The summed E-state index contributed by atoms with van der Waals surface area (Å²) in [6.45, 7) is 5.98. The van der Waals surface area contributed by atoms with Gasteiger partial charge in [-0.15, -0.1) is 0 Å². The van der Waals surface area contributed by atoms with Gasteiger partial charge in [0.15, 0.2) is 5.78 Å². The molecule has 0 aliphatic rings. The number of carbonyl (C=O) groups is 1. The van der Waals surface area contributed by atoms with Crippen LogP contribution < -0.4 is 0 Å². The molecule has 2 heteroatoms. The number of carbonyl (C=O) groups excluding carboxylic acids is 1. The fraction of sp³-hybridized carbons (Fsp3) is 0.250. The predicted molar refractivity (Wildman–Crippen MR) is 72.9 cm³/mol. The first-order chi connectivity index (χ1) is 8.58. The highest BCUT2D eigenvalue weighted by atomic mass is 16.1. The maximum atomic E-state index is 12.2. The number of nitrogens with zero attached hydrogens (tertiary/aromatic N) is 1. The summed E-state index contributed by atoms with van der Waals surface area (Å²) in [6, 6.07) is 11.7. The highest BCUT2D eigenvalue weighted by Crippen LogP contribution is 2.15. The lowest BCUT2D eigenvalue weighted by Gasteiger charge is -2.08. The van der Waals surface area contributed by atoms with Crippen LogP contribution >= 0.6 is 0 Å². The first-order valence-electron chi connectivity index (χ1n) is 6.10. The number of ketones is 1. The van der Waals surface area contributed by atoms with Crippen molar-refractivity contribution < 1.29 is 4.79 Å². The van der Waals surface area contributed by atoms with Crippen LogP contribution in [0, 0.1) is 20.8 Å². The zero-order valence-corrected chi connectivity index (χ0v) is 11.0. The van der Waals surface area contributed by atoms with Gasteiger partial charge in [0.1, 0.15) is 5.69 Å². The Kier molecular flexibility index (Phi) is 3.56. The minimum atomic E-state index is 0.0797. The van der Waals surface area contributed by atoms with E-state index in [1.54, 1.807) is 6.07 Å². The van der Waals surface area contributed by atoms with Crippen molar-refractivity contribution in [2.24, 2.45) is 0 Å². The van der Waals surface area contributed by atoms with E-state index in [1.165, 1.54) is 0 Å². The van der Waals surface area contributed by atoms with Crippen molar-refractivity contribution >= 4 is 5.78 Å². The lowest BCUT2D eigenvalue weighted by molar-refractivity contribution is 0.0987. The highest BCUT2D eigenvalue weighted by Gasteiger charge is 2.11. The zero-order valence-electron chi connectivity index (χ0n) is 11.0. The molecule has 2 rings (SSSR count). The van der Waals surface area contributed by atoms with Crippen molar-refractivity contribution in [3.05, 3.63) is 64.5 Å². The van der Waals surface area contributed by atoms with E-state index in [0.717, 1.165) is 22.4 Å². The molecular weight excluding hydrogens is 222 g/mol. The fourth-order valence-electron chi connectivity index (χ4n) is 2.08. The van der Waals surface area contributed by atoms with E-state index in [0.29, 0.717) is 12.1 Å². The summed E-state index contributed by atoms with van der Waals surface area (Å²) in [5, 5.41) is 0. The zero-order chi connectivity index (χ0) is 13.1. The van der Waals surface area contributed by atoms with Gasteiger partial charge in [-0.25, -0.2) is 0 Å². The van der Waals surface area contributed by atoms with Crippen molar-refractivity contribution in [2.75, 3.05) is 0 Å². The Hall–Kier alpha value is -1.96. The van der Waals surface area contributed by atoms with Gasteiger partial charge in [0, 0.05) is 12.1 Å². The summed E-state index contributed by atoms with van der Waals surface area (Å²) in [5.41, 5.74) is 4.87. The van der Waals surface area contributed by atoms with Crippen LogP contribution in [-0.2, 0) is 6.42 Å². The van der Waals surface area contributed by atoms with E-state index in [4.69, 9.17) is 0 Å². The SMILES string of the molecule is Cc1cccc(C(=O)Cc2c(C)cccc2C)n1. The summed E-state index contributed by atoms with van der Waals surface area (Å²) in [7, 11) is 0. The molecule has 0 fully saturated rings. The first kappa shape index (κ1) is 12.5. The van der Waals surface area contributed by atoms with Gasteiger partial charge in [-0.1, -0.05) is 24.3 Å². The molecule has 0 spiro atoms. The Balaban J connectivity index is 2.27. The second kappa shape index (κ2) is 5.13. The van der Waals surface area contributed by atoms with Gasteiger partial charge in [-0.2, -0.15) is 0 Å². The largest absolute Gasteiger partial charge is 0.292 e. The number of hydrogen-bond donors (Lipinski definition) is 0. The molecule has 0 radical (unpaired) electrons. The summed E-state index contributed by atoms with van der Waals surface area (Å²) < 4.78 is 0. The quantitative estimate of drug-likeness (QED) is 0.768. The molecule has 1 aromatic heterocycles. The third-order valence-corrected chi connectivity index (χ3v) is 3.16. The topological polar surface area (TPSA) is 30.0 Å². The molecule has 0 unspecified atom stereocenters. The molecule has 1 aromatic carbocycles. The predicted octanol–water partition coefficient (Wildman–Crippen LogP) is 3.43. The Labute approximate surface area is 108 Å².